The SMILES string of the molecule is C=C/C=C\c1c(C)ccc2c1[C](=[W])/C(=C\C=C)N2. The van der Waals surface area contributed by atoms with Crippen molar-refractivity contribution >= 4 is 15.7 Å². The molecule has 1 heterocycles. The normalized spacial score (nSPS) is 15.8. The standard InChI is InChI=1S/C16H15N.W/c1-4-6-8-14-12(3)9-10-16-15(14)11-13(17-16)7-5-2;/h4-10,17H,1-2H2,3H3;/b8-6-,13-7+;. The zero-order chi connectivity index (χ0) is 13.1. The average molecular weight is 405 g/mol. The van der Waals surface area contributed by atoms with Crippen molar-refractivity contribution in [2.24, 2.45) is 0 Å². The molecule has 0 aromatic heterocycles. The van der Waals surface area contributed by atoms with Crippen molar-refractivity contribution in [2.75, 3.05) is 5.32 Å². The molecule has 1 N–H and O–H groups in total. The summed E-state index contributed by atoms with van der Waals surface area (Å²) in [6.07, 6.45) is 9.77. The van der Waals surface area contributed by atoms with E-state index in [1.54, 1.807) is 0 Å². The monoisotopic (exact) mass is 405 g/mol. The van der Waals surface area contributed by atoms with E-state index in [-0.39, 0.29) is 0 Å². The second-order valence-electron chi connectivity index (χ2n) is 4.08. The van der Waals surface area contributed by atoms with Crippen LogP contribution in [0.1, 0.15) is 16.7 Å². The van der Waals surface area contributed by atoms with Crippen LogP contribution in [0.25, 0.3) is 6.08 Å². The maximum absolute atomic E-state index is 3.76. The molecule has 0 aliphatic carbocycles. The fourth-order valence-electron chi connectivity index (χ4n) is 2.02. The third-order valence-corrected chi connectivity index (χ3v) is 4.41. The van der Waals surface area contributed by atoms with Crippen LogP contribution in [-0.2, 0) is 19.4 Å². The van der Waals surface area contributed by atoms with Gasteiger partial charge in [-0.05, 0) is 0 Å². The summed E-state index contributed by atoms with van der Waals surface area (Å²) in [7, 11) is 0. The summed E-state index contributed by atoms with van der Waals surface area (Å²) in [4.78, 5) is 0. The fraction of sp³-hybridized carbons (Fsp3) is 0.0625. The van der Waals surface area contributed by atoms with E-state index in [2.05, 4.69) is 43.6 Å². The molecule has 2 heteroatoms. The molecule has 0 bridgehead atoms. The van der Waals surface area contributed by atoms with Crippen LogP contribution in [0.15, 0.2) is 55.3 Å². The Morgan fingerprint density at radius 3 is 2.67 bits per heavy atom. The van der Waals surface area contributed by atoms with Gasteiger partial charge in [-0.3, -0.25) is 0 Å². The van der Waals surface area contributed by atoms with Gasteiger partial charge in [-0.15, -0.1) is 0 Å². The van der Waals surface area contributed by atoms with Gasteiger partial charge in [-0.1, -0.05) is 0 Å². The summed E-state index contributed by atoms with van der Waals surface area (Å²) in [5.74, 6) is 0. The summed E-state index contributed by atoms with van der Waals surface area (Å²) < 4.78 is 1.34. The van der Waals surface area contributed by atoms with Gasteiger partial charge in [0.2, 0.25) is 0 Å². The van der Waals surface area contributed by atoms with E-state index in [0.29, 0.717) is 0 Å². The molecular formula is C16H15NW. The Kier molecular flexibility index (Phi) is 3.93. The predicted octanol–water partition coefficient (Wildman–Crippen LogP) is 3.76. The number of aryl methyl sites for hydroxylation is 1. The van der Waals surface area contributed by atoms with E-state index < -0.39 is 0 Å². The van der Waals surface area contributed by atoms with Gasteiger partial charge in [-0.2, -0.15) is 0 Å². The van der Waals surface area contributed by atoms with Gasteiger partial charge in [0.1, 0.15) is 0 Å². The molecule has 0 spiro atoms. The molecule has 0 amide bonds. The molecule has 0 atom stereocenters. The van der Waals surface area contributed by atoms with Crippen molar-refractivity contribution < 1.29 is 19.4 Å². The van der Waals surface area contributed by atoms with Crippen LogP contribution in [0.3, 0.4) is 0 Å². The predicted molar refractivity (Wildman–Crippen MR) is 76.4 cm³/mol. The zero-order valence-corrected chi connectivity index (χ0v) is 13.3. The molecule has 1 aliphatic rings. The number of allylic oxidation sites excluding steroid dienone is 5. The molecule has 90 valence electrons. The van der Waals surface area contributed by atoms with Gasteiger partial charge in [0.25, 0.3) is 0 Å². The van der Waals surface area contributed by atoms with Gasteiger partial charge in [-0.25, -0.2) is 0 Å². The summed E-state index contributed by atoms with van der Waals surface area (Å²) in [6.45, 7) is 9.64. The molecular weight excluding hydrogens is 390 g/mol. The van der Waals surface area contributed by atoms with Crippen molar-refractivity contribution in [3.8, 4) is 0 Å². The number of nitrogens with one attached hydrogen (secondary N) is 1. The summed E-state index contributed by atoms with van der Waals surface area (Å²) >= 11 is 1.46. The van der Waals surface area contributed by atoms with Crippen molar-refractivity contribution in [1.82, 2.24) is 0 Å². The van der Waals surface area contributed by atoms with E-state index in [1.807, 2.05) is 24.3 Å². The molecule has 0 radical (unpaired) electrons. The second-order valence-corrected chi connectivity index (χ2v) is 5.55. The number of hydrogen-bond acceptors (Lipinski definition) is 1. The Bertz CT molecular complexity index is 591. The molecule has 1 nitrogen and oxygen atoms in total. The van der Waals surface area contributed by atoms with E-state index in [0.717, 1.165) is 5.70 Å². The van der Waals surface area contributed by atoms with Crippen LogP contribution in [-0.4, -0.2) is 3.90 Å². The number of fused-ring (bicyclic) bond motifs is 1. The Morgan fingerprint density at radius 2 is 2.00 bits per heavy atom. The number of hydrogen-bond donors (Lipinski definition) is 1. The topological polar surface area (TPSA) is 12.0 Å². The zero-order valence-electron chi connectivity index (χ0n) is 10.4. The van der Waals surface area contributed by atoms with Crippen LogP contribution < -0.4 is 5.32 Å². The first kappa shape index (κ1) is 13.0. The third kappa shape index (κ3) is 2.23. The Balaban J connectivity index is 2.61. The van der Waals surface area contributed by atoms with Gasteiger partial charge < -0.3 is 0 Å². The summed E-state index contributed by atoms with van der Waals surface area (Å²) in [6, 6.07) is 4.29. The Labute approximate surface area is 119 Å². The van der Waals surface area contributed by atoms with E-state index >= 15 is 0 Å². The summed E-state index contributed by atoms with van der Waals surface area (Å²) in [5.41, 5.74) is 6.22. The number of anilines is 1. The minimum absolute atomic E-state index is 1.16. The molecule has 18 heavy (non-hydrogen) atoms. The van der Waals surface area contributed by atoms with Crippen LogP contribution in [0.5, 0.6) is 0 Å². The van der Waals surface area contributed by atoms with Crippen molar-refractivity contribution in [3.63, 3.8) is 0 Å². The van der Waals surface area contributed by atoms with Crippen LogP contribution in [0, 0.1) is 6.92 Å². The average Bonchev–Trinajstić information content (AvgIpc) is 2.67. The first-order chi connectivity index (χ1) is 8.69. The summed E-state index contributed by atoms with van der Waals surface area (Å²) in [5, 5.41) is 3.44. The molecule has 0 saturated heterocycles. The fourth-order valence-corrected chi connectivity index (χ4v) is 3.24. The number of benzene rings is 1. The third-order valence-electron chi connectivity index (χ3n) is 2.89. The first-order valence-electron chi connectivity index (χ1n) is 5.76. The maximum atomic E-state index is 3.76. The van der Waals surface area contributed by atoms with E-state index in [1.165, 1.54) is 45.6 Å². The van der Waals surface area contributed by atoms with Crippen molar-refractivity contribution in [1.29, 1.82) is 0 Å². The first-order valence-corrected chi connectivity index (χ1v) is 7.23. The molecule has 1 aliphatic heterocycles. The molecule has 0 saturated carbocycles. The Morgan fingerprint density at radius 1 is 1.22 bits per heavy atom. The van der Waals surface area contributed by atoms with Crippen molar-refractivity contribution in [3.05, 3.63) is 72.0 Å². The molecule has 2 rings (SSSR count). The van der Waals surface area contributed by atoms with Crippen LogP contribution in [0.4, 0.5) is 5.69 Å². The Hall–Kier alpha value is -1.46. The van der Waals surface area contributed by atoms with E-state index in [9.17, 15) is 0 Å². The minimum atomic E-state index is 1.16. The van der Waals surface area contributed by atoms with Crippen LogP contribution in [0.2, 0.25) is 0 Å². The molecule has 0 unspecified atom stereocenters. The molecule has 1 aromatic carbocycles. The number of rotatable bonds is 3. The van der Waals surface area contributed by atoms with Crippen molar-refractivity contribution in [2.45, 2.75) is 6.92 Å². The second kappa shape index (κ2) is 5.45. The quantitative estimate of drug-likeness (QED) is 0.756. The molecule has 0 fully saturated rings. The van der Waals surface area contributed by atoms with Gasteiger partial charge in [0, 0.05) is 0 Å². The van der Waals surface area contributed by atoms with Gasteiger partial charge >= 0.3 is 119 Å². The molecule has 1 aromatic rings. The van der Waals surface area contributed by atoms with Gasteiger partial charge in [0.05, 0.1) is 0 Å². The van der Waals surface area contributed by atoms with E-state index in [4.69, 9.17) is 0 Å². The van der Waals surface area contributed by atoms with Gasteiger partial charge in [0.15, 0.2) is 0 Å². The van der Waals surface area contributed by atoms with Crippen LogP contribution >= 0.6 is 0 Å².